The van der Waals surface area contributed by atoms with Gasteiger partial charge < -0.3 is 15.0 Å². The van der Waals surface area contributed by atoms with Crippen LogP contribution in [0.15, 0.2) is 4.99 Å². The molecule has 0 aromatic carbocycles. The topological polar surface area (TPSA) is 74.2 Å². The predicted molar refractivity (Wildman–Crippen MR) is 110 cm³/mol. The maximum absolute atomic E-state index is 11.6. The van der Waals surface area contributed by atoms with Gasteiger partial charge in [-0.25, -0.2) is 12.7 Å². The minimum absolute atomic E-state index is 0. The van der Waals surface area contributed by atoms with Gasteiger partial charge in [-0.3, -0.25) is 4.99 Å². The van der Waals surface area contributed by atoms with Crippen molar-refractivity contribution in [1.29, 1.82) is 0 Å². The SMILES string of the molecule is CCNC(=NCC1CCN(S(C)(=O)=O)C1)N1CCC2(CCOC2)C1.I. The van der Waals surface area contributed by atoms with Crippen LogP contribution in [0.1, 0.15) is 26.2 Å². The zero-order valence-corrected chi connectivity index (χ0v) is 18.4. The van der Waals surface area contributed by atoms with Crippen LogP contribution in [0.2, 0.25) is 0 Å². The van der Waals surface area contributed by atoms with E-state index in [4.69, 9.17) is 9.73 Å². The fraction of sp³-hybridized carbons (Fsp3) is 0.938. The zero-order chi connectivity index (χ0) is 17.2. The third kappa shape index (κ3) is 5.20. The maximum atomic E-state index is 11.6. The van der Waals surface area contributed by atoms with Crippen molar-refractivity contribution in [3.8, 4) is 0 Å². The lowest BCUT2D eigenvalue weighted by Crippen LogP contribution is -2.41. The van der Waals surface area contributed by atoms with E-state index in [0.29, 0.717) is 31.0 Å². The molecular weight excluding hydrogens is 455 g/mol. The van der Waals surface area contributed by atoms with E-state index in [1.54, 1.807) is 4.31 Å². The van der Waals surface area contributed by atoms with E-state index in [9.17, 15) is 8.42 Å². The molecule has 0 aromatic rings. The fourth-order valence-electron chi connectivity index (χ4n) is 3.98. The predicted octanol–water partition coefficient (Wildman–Crippen LogP) is 0.964. The summed E-state index contributed by atoms with van der Waals surface area (Å²) >= 11 is 0. The largest absolute Gasteiger partial charge is 0.381 e. The van der Waals surface area contributed by atoms with Gasteiger partial charge in [0.25, 0.3) is 0 Å². The Morgan fingerprint density at radius 3 is 2.76 bits per heavy atom. The molecule has 7 nitrogen and oxygen atoms in total. The van der Waals surface area contributed by atoms with Gasteiger partial charge in [-0.15, -0.1) is 24.0 Å². The second-order valence-corrected chi connectivity index (χ2v) is 9.43. The molecule has 1 N–H and O–H groups in total. The Bertz CT molecular complexity index is 578. The van der Waals surface area contributed by atoms with Crippen LogP contribution < -0.4 is 5.32 Å². The number of ether oxygens (including phenoxy) is 1. The lowest BCUT2D eigenvalue weighted by molar-refractivity contribution is 0.156. The van der Waals surface area contributed by atoms with E-state index < -0.39 is 10.0 Å². The monoisotopic (exact) mass is 486 g/mol. The molecule has 3 fully saturated rings. The average Bonchev–Trinajstić information content (AvgIpc) is 3.25. The first-order chi connectivity index (χ1) is 11.4. The number of halogens is 1. The highest BCUT2D eigenvalue weighted by Crippen LogP contribution is 2.38. The molecule has 25 heavy (non-hydrogen) atoms. The fourth-order valence-corrected chi connectivity index (χ4v) is 4.89. The molecule has 3 rings (SSSR count). The summed E-state index contributed by atoms with van der Waals surface area (Å²) in [4.78, 5) is 7.17. The number of likely N-dealkylation sites (tertiary alicyclic amines) is 1. The summed E-state index contributed by atoms with van der Waals surface area (Å²) in [6.45, 7) is 8.63. The summed E-state index contributed by atoms with van der Waals surface area (Å²) in [5, 5.41) is 3.40. The summed E-state index contributed by atoms with van der Waals surface area (Å²) in [6.07, 6.45) is 4.50. The Morgan fingerprint density at radius 2 is 2.16 bits per heavy atom. The van der Waals surface area contributed by atoms with Crippen molar-refractivity contribution >= 4 is 40.0 Å². The van der Waals surface area contributed by atoms with Gasteiger partial charge in [0.15, 0.2) is 5.96 Å². The highest BCUT2D eigenvalue weighted by Gasteiger charge is 2.42. The molecule has 3 heterocycles. The molecule has 3 saturated heterocycles. The summed E-state index contributed by atoms with van der Waals surface area (Å²) in [5.74, 6) is 1.29. The normalized spacial score (nSPS) is 30.9. The Kier molecular flexibility index (Phi) is 7.37. The van der Waals surface area contributed by atoms with E-state index in [1.807, 2.05) is 0 Å². The van der Waals surface area contributed by atoms with Crippen LogP contribution in [-0.2, 0) is 14.8 Å². The number of hydrogen-bond donors (Lipinski definition) is 1. The first kappa shape index (κ1) is 21.2. The number of nitrogens with one attached hydrogen (secondary N) is 1. The Balaban J connectivity index is 0.00000225. The number of guanidine groups is 1. The molecule has 0 amide bonds. The molecule has 3 aliphatic rings. The quantitative estimate of drug-likeness (QED) is 0.364. The molecule has 0 aromatic heterocycles. The van der Waals surface area contributed by atoms with Gasteiger partial charge in [-0.1, -0.05) is 0 Å². The van der Waals surface area contributed by atoms with Crippen molar-refractivity contribution in [3.05, 3.63) is 0 Å². The summed E-state index contributed by atoms with van der Waals surface area (Å²) in [7, 11) is -3.07. The molecular formula is C16H31IN4O3S. The third-order valence-corrected chi connectivity index (χ3v) is 6.74. The highest BCUT2D eigenvalue weighted by molar-refractivity contribution is 14.0. The third-order valence-electron chi connectivity index (χ3n) is 5.47. The lowest BCUT2D eigenvalue weighted by atomic mass is 9.87. The zero-order valence-electron chi connectivity index (χ0n) is 15.2. The van der Waals surface area contributed by atoms with E-state index in [2.05, 4.69) is 17.1 Å². The Hall–Kier alpha value is -0.130. The number of aliphatic imine (C=N–C) groups is 1. The maximum Gasteiger partial charge on any atom is 0.211 e. The molecule has 2 unspecified atom stereocenters. The van der Waals surface area contributed by atoms with Gasteiger partial charge in [0.1, 0.15) is 0 Å². The molecule has 3 aliphatic heterocycles. The van der Waals surface area contributed by atoms with Crippen LogP contribution >= 0.6 is 24.0 Å². The molecule has 1 spiro atoms. The van der Waals surface area contributed by atoms with Gasteiger partial charge in [0.05, 0.1) is 12.9 Å². The van der Waals surface area contributed by atoms with Gasteiger partial charge in [0.2, 0.25) is 10.0 Å². The lowest BCUT2D eigenvalue weighted by Gasteiger charge is -2.25. The van der Waals surface area contributed by atoms with Crippen LogP contribution in [0.3, 0.4) is 0 Å². The smallest absolute Gasteiger partial charge is 0.211 e. The molecule has 146 valence electrons. The summed E-state index contributed by atoms with van der Waals surface area (Å²) in [5.41, 5.74) is 0.316. The van der Waals surface area contributed by atoms with Crippen molar-refractivity contribution in [2.75, 3.05) is 58.7 Å². The molecule has 0 radical (unpaired) electrons. The molecule has 2 atom stereocenters. The second kappa shape index (κ2) is 8.71. The number of nitrogens with zero attached hydrogens (tertiary/aromatic N) is 3. The molecule has 0 saturated carbocycles. The van der Waals surface area contributed by atoms with E-state index in [-0.39, 0.29) is 24.0 Å². The summed E-state index contributed by atoms with van der Waals surface area (Å²) < 4.78 is 30.4. The van der Waals surface area contributed by atoms with Crippen LogP contribution in [-0.4, -0.2) is 82.3 Å². The first-order valence-corrected chi connectivity index (χ1v) is 10.8. The Labute approximate surface area is 168 Å². The van der Waals surface area contributed by atoms with Crippen LogP contribution in [0, 0.1) is 11.3 Å². The first-order valence-electron chi connectivity index (χ1n) is 8.98. The number of sulfonamides is 1. The van der Waals surface area contributed by atoms with E-state index in [0.717, 1.165) is 51.6 Å². The standard InChI is InChI=1S/C16H30N4O3S.HI/c1-3-17-15(19-8-5-16(12-19)6-9-23-13-16)18-10-14-4-7-20(11-14)24(2,21)22;/h14H,3-13H2,1-2H3,(H,17,18);1H. The molecule has 0 aliphatic carbocycles. The van der Waals surface area contributed by atoms with Crippen LogP contribution in [0.4, 0.5) is 0 Å². The van der Waals surface area contributed by atoms with E-state index >= 15 is 0 Å². The van der Waals surface area contributed by atoms with Gasteiger partial charge >= 0.3 is 0 Å². The van der Waals surface area contributed by atoms with Crippen molar-refractivity contribution < 1.29 is 13.2 Å². The Morgan fingerprint density at radius 1 is 1.36 bits per heavy atom. The van der Waals surface area contributed by atoms with Gasteiger partial charge in [0, 0.05) is 51.3 Å². The number of rotatable bonds is 4. The van der Waals surface area contributed by atoms with E-state index in [1.165, 1.54) is 12.7 Å². The molecule has 9 heteroatoms. The minimum Gasteiger partial charge on any atom is -0.381 e. The van der Waals surface area contributed by atoms with Crippen LogP contribution in [0.5, 0.6) is 0 Å². The minimum atomic E-state index is -3.07. The molecule has 0 bridgehead atoms. The number of hydrogen-bond acceptors (Lipinski definition) is 4. The second-order valence-electron chi connectivity index (χ2n) is 7.44. The van der Waals surface area contributed by atoms with Gasteiger partial charge in [-0.05, 0) is 32.1 Å². The van der Waals surface area contributed by atoms with Crippen molar-refractivity contribution in [2.45, 2.75) is 26.2 Å². The highest BCUT2D eigenvalue weighted by atomic mass is 127. The summed E-state index contributed by atoms with van der Waals surface area (Å²) in [6, 6.07) is 0. The van der Waals surface area contributed by atoms with Crippen molar-refractivity contribution in [1.82, 2.24) is 14.5 Å². The van der Waals surface area contributed by atoms with Gasteiger partial charge in [-0.2, -0.15) is 0 Å². The average molecular weight is 486 g/mol. The van der Waals surface area contributed by atoms with Crippen molar-refractivity contribution in [2.24, 2.45) is 16.3 Å². The van der Waals surface area contributed by atoms with Crippen molar-refractivity contribution in [3.63, 3.8) is 0 Å². The van der Waals surface area contributed by atoms with Crippen LogP contribution in [0.25, 0.3) is 0 Å².